The molecule has 0 saturated heterocycles. The zero-order chi connectivity index (χ0) is 47.2. The topological polar surface area (TPSA) is 227 Å². The third-order valence-corrected chi connectivity index (χ3v) is 14.8. The first-order valence-corrected chi connectivity index (χ1v) is 23.1. The van der Waals surface area contributed by atoms with E-state index in [-0.39, 0.29) is 32.5 Å². The molecule has 0 spiro atoms. The summed E-state index contributed by atoms with van der Waals surface area (Å²) >= 11 is 0. The van der Waals surface area contributed by atoms with E-state index in [0.717, 1.165) is 8.61 Å². The van der Waals surface area contributed by atoms with Crippen molar-refractivity contribution in [1.82, 2.24) is 8.61 Å². The third kappa shape index (κ3) is 8.64. The van der Waals surface area contributed by atoms with Crippen LogP contribution in [0.15, 0.2) is 202 Å². The second-order valence-electron chi connectivity index (χ2n) is 14.9. The maximum Gasteiger partial charge on any atom is 0.266 e. The van der Waals surface area contributed by atoms with Crippen LogP contribution in [0.5, 0.6) is 11.5 Å². The Labute approximate surface area is 382 Å². The van der Waals surface area contributed by atoms with Crippen molar-refractivity contribution in [2.75, 3.05) is 14.2 Å². The molecule has 2 heterocycles. The first-order chi connectivity index (χ1) is 31.8. The summed E-state index contributed by atoms with van der Waals surface area (Å²) < 4.78 is 67.4. The Morgan fingerprint density at radius 2 is 0.955 bits per heavy atom. The Morgan fingerprint density at radius 3 is 1.39 bits per heavy atom. The van der Waals surface area contributed by atoms with Gasteiger partial charge in [0.05, 0.1) is 65.0 Å². The average molecular weight is 919 g/mol. The Morgan fingerprint density at radius 1 is 0.545 bits per heavy atom. The molecule has 2 aliphatic rings. The van der Waals surface area contributed by atoms with Crippen molar-refractivity contribution in [3.63, 3.8) is 0 Å². The molecule has 4 unspecified atom stereocenters. The lowest BCUT2D eigenvalue weighted by molar-refractivity contribution is 0.0906. The number of nitriles is 2. The van der Waals surface area contributed by atoms with Crippen LogP contribution in [0.2, 0.25) is 0 Å². The lowest BCUT2D eigenvalue weighted by Gasteiger charge is -2.30. The number of benzene rings is 6. The van der Waals surface area contributed by atoms with Crippen molar-refractivity contribution < 1.29 is 35.9 Å². The highest BCUT2D eigenvalue weighted by Gasteiger charge is 2.52. The number of carbonyl (C=O) groups excluding carboxylic acids is 2. The van der Waals surface area contributed by atoms with E-state index < -0.39 is 55.7 Å². The Balaban J connectivity index is 0.000000196. The van der Waals surface area contributed by atoms with Crippen LogP contribution in [0.25, 0.3) is 0 Å². The molecule has 2 aliphatic heterocycles. The minimum atomic E-state index is -4.23. The van der Waals surface area contributed by atoms with Gasteiger partial charge < -0.3 is 20.9 Å². The smallest absolute Gasteiger partial charge is 0.266 e. The van der Waals surface area contributed by atoms with Crippen LogP contribution in [-0.4, -0.2) is 63.3 Å². The molecule has 0 amide bonds. The molecule has 0 fully saturated rings. The quantitative estimate of drug-likeness (QED) is 0.120. The number of nitrogens with two attached hydrogens (primary N) is 2. The Bertz CT molecular complexity index is 3120. The molecule has 66 heavy (non-hydrogen) atoms. The number of rotatable bonds is 12. The van der Waals surface area contributed by atoms with Crippen molar-refractivity contribution >= 4 is 31.6 Å². The summed E-state index contributed by atoms with van der Waals surface area (Å²) in [6, 6.07) is 46.1. The molecule has 16 heteroatoms. The van der Waals surface area contributed by atoms with Gasteiger partial charge in [-0.2, -0.15) is 14.8 Å². The van der Waals surface area contributed by atoms with Crippen LogP contribution in [0.4, 0.5) is 0 Å². The molecule has 8 rings (SSSR count). The SMILES string of the molecule is COc1ccc(C2C(C#N)=C(N)C(C(=O)c3ccccc3)N2S(=O)(=O)c2ccccc2)cc1.COc1ccc(C2C(C#N)=C(N)N(S(=O)(=O)c3ccccc3)C2C(=O)c2ccccc2)cc1. The summed E-state index contributed by atoms with van der Waals surface area (Å²) in [5, 5.41) is 19.9. The summed E-state index contributed by atoms with van der Waals surface area (Å²) in [6.07, 6.45) is 0. The van der Waals surface area contributed by atoms with Crippen molar-refractivity contribution in [1.29, 1.82) is 10.5 Å². The Kier molecular flexibility index (Phi) is 13.5. The highest BCUT2D eigenvalue weighted by molar-refractivity contribution is 7.89. The maximum absolute atomic E-state index is 13.9. The predicted molar refractivity (Wildman–Crippen MR) is 245 cm³/mol. The van der Waals surface area contributed by atoms with Crippen LogP contribution in [0.1, 0.15) is 43.8 Å². The van der Waals surface area contributed by atoms with E-state index in [2.05, 4.69) is 0 Å². The molecule has 6 aromatic carbocycles. The number of ketones is 2. The number of sulfonamides is 2. The molecule has 0 saturated carbocycles. The molecule has 332 valence electrons. The van der Waals surface area contributed by atoms with Gasteiger partial charge in [-0.25, -0.2) is 21.1 Å². The van der Waals surface area contributed by atoms with Gasteiger partial charge in [-0.15, -0.1) is 0 Å². The summed E-state index contributed by atoms with van der Waals surface area (Å²) in [5.41, 5.74) is 14.3. The summed E-state index contributed by atoms with van der Waals surface area (Å²) in [4.78, 5) is 27.2. The molecule has 4 N–H and O–H groups in total. The van der Waals surface area contributed by atoms with Crippen molar-refractivity contribution in [2.45, 2.75) is 33.8 Å². The van der Waals surface area contributed by atoms with E-state index in [4.69, 9.17) is 20.9 Å². The molecule has 0 radical (unpaired) electrons. The second-order valence-corrected chi connectivity index (χ2v) is 18.5. The van der Waals surface area contributed by atoms with E-state index in [1.165, 1.54) is 38.5 Å². The molecular weight excluding hydrogens is 877 g/mol. The molecule has 6 aromatic rings. The largest absolute Gasteiger partial charge is 0.497 e. The van der Waals surface area contributed by atoms with Crippen molar-refractivity contribution in [3.8, 4) is 23.6 Å². The zero-order valence-corrected chi connectivity index (χ0v) is 37.1. The third-order valence-electron chi connectivity index (χ3n) is 11.2. The van der Waals surface area contributed by atoms with Crippen LogP contribution < -0.4 is 20.9 Å². The zero-order valence-electron chi connectivity index (χ0n) is 35.5. The van der Waals surface area contributed by atoms with E-state index >= 15 is 0 Å². The Hall–Kier alpha value is -8.02. The van der Waals surface area contributed by atoms with Crippen LogP contribution >= 0.6 is 0 Å². The number of hydrogen-bond donors (Lipinski definition) is 2. The maximum atomic E-state index is 13.9. The van der Waals surface area contributed by atoms with Gasteiger partial charge in [0.1, 0.15) is 29.4 Å². The highest BCUT2D eigenvalue weighted by atomic mass is 32.2. The first kappa shape index (κ1) is 46.0. The lowest BCUT2D eigenvalue weighted by atomic mass is 9.84. The van der Waals surface area contributed by atoms with E-state index in [1.807, 2.05) is 12.1 Å². The first-order valence-electron chi connectivity index (χ1n) is 20.2. The highest BCUT2D eigenvalue weighted by Crippen LogP contribution is 2.45. The number of carbonyl (C=O) groups is 2. The van der Waals surface area contributed by atoms with Crippen LogP contribution in [0.3, 0.4) is 0 Å². The van der Waals surface area contributed by atoms with Crippen LogP contribution in [-0.2, 0) is 20.0 Å². The molecular formula is C50H42N6O8S2. The van der Waals surface area contributed by atoms with E-state index in [9.17, 15) is 36.9 Å². The lowest BCUT2D eigenvalue weighted by Crippen LogP contribution is -2.45. The fourth-order valence-electron chi connectivity index (χ4n) is 7.98. The molecule has 0 bridgehead atoms. The monoisotopic (exact) mass is 918 g/mol. The number of ether oxygens (including phenoxy) is 2. The van der Waals surface area contributed by atoms with Gasteiger partial charge in [-0.1, -0.05) is 121 Å². The number of Topliss-reactive ketones (excluding diaryl/α,β-unsaturated/α-hetero) is 2. The molecule has 4 atom stereocenters. The molecule has 0 aromatic heterocycles. The number of methoxy groups -OCH3 is 2. The fraction of sp³-hybridized carbons (Fsp3) is 0.120. The number of hydrogen-bond acceptors (Lipinski definition) is 12. The van der Waals surface area contributed by atoms with Gasteiger partial charge in [0.25, 0.3) is 10.0 Å². The number of nitrogens with zero attached hydrogens (tertiary/aromatic N) is 4. The van der Waals surface area contributed by atoms with Gasteiger partial charge in [0.15, 0.2) is 11.6 Å². The molecule has 14 nitrogen and oxygen atoms in total. The van der Waals surface area contributed by atoms with Gasteiger partial charge in [-0.3, -0.25) is 9.59 Å². The van der Waals surface area contributed by atoms with E-state index in [1.54, 1.807) is 146 Å². The molecule has 0 aliphatic carbocycles. The summed E-state index contributed by atoms with van der Waals surface area (Å²) in [6.45, 7) is 0. The van der Waals surface area contributed by atoms with Gasteiger partial charge in [0.2, 0.25) is 10.0 Å². The van der Waals surface area contributed by atoms with Gasteiger partial charge >= 0.3 is 0 Å². The normalized spacial score (nSPS) is 18.4. The van der Waals surface area contributed by atoms with Crippen molar-refractivity contribution in [3.05, 3.63) is 215 Å². The summed E-state index contributed by atoms with van der Waals surface area (Å²) in [7, 11) is -5.41. The van der Waals surface area contributed by atoms with E-state index in [0.29, 0.717) is 33.8 Å². The summed E-state index contributed by atoms with van der Waals surface area (Å²) in [5.74, 6) is -0.933. The standard InChI is InChI=1S/2C25H21N3O4S/c1-32-19-14-12-17(13-15-19)23-21(16-26)22(27)24(25(29)18-8-4-2-5-9-18)28(23)33(30,31)20-10-6-3-7-11-20;1-32-19-14-12-17(13-15-19)22-21(16-26)25(27)28(33(30,31)20-10-6-3-7-11-20)23(22)24(29)18-8-4-2-5-9-18/h2-15,23-24H,27H2,1H3;2-15,22-23H,27H2,1H3. The minimum absolute atomic E-state index is 0.00126. The minimum Gasteiger partial charge on any atom is -0.497 e. The van der Waals surface area contributed by atoms with Gasteiger partial charge in [-0.05, 0) is 59.7 Å². The van der Waals surface area contributed by atoms with Crippen molar-refractivity contribution in [2.24, 2.45) is 11.5 Å². The van der Waals surface area contributed by atoms with Gasteiger partial charge in [0, 0.05) is 11.1 Å². The fourth-order valence-corrected chi connectivity index (χ4v) is 11.3. The predicted octanol–water partition coefficient (Wildman–Crippen LogP) is 6.86. The average Bonchev–Trinajstić information content (AvgIpc) is 3.85. The van der Waals surface area contributed by atoms with Crippen LogP contribution in [0, 0.1) is 22.7 Å². The second kappa shape index (κ2) is 19.4.